The summed E-state index contributed by atoms with van der Waals surface area (Å²) in [5, 5.41) is 4.87. The molecule has 0 saturated carbocycles. The second-order valence-corrected chi connectivity index (χ2v) is 11.7. The molecule has 6 aromatic rings. The molecule has 0 radical (unpaired) electrons. The van der Waals surface area contributed by atoms with Crippen LogP contribution in [0.1, 0.15) is 49.1 Å². The van der Waals surface area contributed by atoms with Gasteiger partial charge in [0, 0.05) is 41.3 Å². The highest BCUT2D eigenvalue weighted by atomic mass is 16.5. The normalized spacial score (nSPS) is 11.7. The predicted molar refractivity (Wildman–Crippen MR) is 166 cm³/mol. The van der Waals surface area contributed by atoms with Crippen molar-refractivity contribution in [3.8, 4) is 39.9 Å². The largest absolute Gasteiger partial charge is 0.456 e. The van der Waals surface area contributed by atoms with Gasteiger partial charge in [0.15, 0.2) is 11.4 Å². The molecule has 0 aliphatic heterocycles. The number of imidazole rings is 1. The van der Waals surface area contributed by atoms with Crippen molar-refractivity contribution in [2.75, 3.05) is 0 Å². The Hall–Kier alpha value is -4.91. The molecule has 7 heteroatoms. The minimum Gasteiger partial charge on any atom is -0.456 e. The van der Waals surface area contributed by atoms with Gasteiger partial charge < -0.3 is 9.47 Å². The van der Waals surface area contributed by atoms with Crippen LogP contribution in [0, 0.1) is 27.7 Å². The predicted octanol–water partition coefficient (Wildman–Crippen LogP) is 8.70. The van der Waals surface area contributed by atoms with Gasteiger partial charge >= 0.3 is 0 Å². The van der Waals surface area contributed by atoms with E-state index in [0.717, 1.165) is 45.2 Å². The van der Waals surface area contributed by atoms with Gasteiger partial charge in [-0.2, -0.15) is 5.10 Å². The maximum atomic E-state index is 6.44. The molecule has 6 rings (SSSR count). The van der Waals surface area contributed by atoms with Crippen molar-refractivity contribution in [2.45, 2.75) is 53.9 Å². The second-order valence-electron chi connectivity index (χ2n) is 11.7. The van der Waals surface area contributed by atoms with Crippen molar-refractivity contribution in [2.24, 2.45) is 0 Å². The highest BCUT2D eigenvalue weighted by Crippen LogP contribution is 2.35. The van der Waals surface area contributed by atoms with E-state index in [0.29, 0.717) is 28.8 Å². The number of aryl methyl sites for hydroxylation is 3. The summed E-state index contributed by atoms with van der Waals surface area (Å²) < 4.78 is 16.8. The number of pyridine rings is 2. The number of rotatable bonds is 6. The summed E-state index contributed by atoms with van der Waals surface area (Å²) in [4.78, 5) is 9.24. The Bertz CT molecular complexity index is 1910. The summed E-state index contributed by atoms with van der Waals surface area (Å²) in [5.41, 5.74) is 9.04. The Kier molecular flexibility index (Phi) is 6.81. The van der Waals surface area contributed by atoms with Crippen LogP contribution in [0.25, 0.3) is 22.5 Å². The van der Waals surface area contributed by atoms with Crippen LogP contribution in [0.4, 0.5) is 0 Å². The number of fused-ring (bicyclic) bond motifs is 1. The van der Waals surface area contributed by atoms with Gasteiger partial charge in [-0.1, -0.05) is 57.2 Å². The molecule has 212 valence electrons. The second kappa shape index (κ2) is 10.5. The van der Waals surface area contributed by atoms with Crippen molar-refractivity contribution >= 4 is 5.65 Å². The molecule has 7 nitrogen and oxygen atoms in total. The number of aromatic nitrogens is 5. The maximum absolute atomic E-state index is 6.44. The molecular weight excluding hydrogens is 522 g/mol. The van der Waals surface area contributed by atoms with Gasteiger partial charge in [0.1, 0.15) is 11.5 Å². The van der Waals surface area contributed by atoms with E-state index in [4.69, 9.17) is 19.6 Å². The number of ether oxygens (including phenoxy) is 2. The van der Waals surface area contributed by atoms with Crippen LogP contribution in [0.2, 0.25) is 0 Å². The van der Waals surface area contributed by atoms with Crippen molar-refractivity contribution in [3.63, 3.8) is 0 Å². The minimum absolute atomic E-state index is 0.0276. The number of benzene rings is 2. The van der Waals surface area contributed by atoms with Crippen LogP contribution in [0.3, 0.4) is 0 Å². The monoisotopic (exact) mass is 557 g/mol. The van der Waals surface area contributed by atoms with E-state index in [1.54, 1.807) is 6.20 Å². The summed E-state index contributed by atoms with van der Waals surface area (Å²) in [6, 6.07) is 24.2. The first-order chi connectivity index (χ1) is 20.1. The highest BCUT2D eigenvalue weighted by molar-refractivity contribution is 5.69. The lowest BCUT2D eigenvalue weighted by atomic mass is 9.88. The summed E-state index contributed by atoms with van der Waals surface area (Å²) in [6.45, 7) is 14.7. The van der Waals surface area contributed by atoms with E-state index in [9.17, 15) is 0 Å². The van der Waals surface area contributed by atoms with Gasteiger partial charge in [-0.15, -0.1) is 0 Å². The van der Waals surface area contributed by atoms with Crippen molar-refractivity contribution in [1.82, 2.24) is 24.1 Å². The van der Waals surface area contributed by atoms with E-state index in [1.807, 2.05) is 84.6 Å². The molecule has 0 N–H and O–H groups in total. The Morgan fingerprint density at radius 3 is 2.29 bits per heavy atom. The summed E-state index contributed by atoms with van der Waals surface area (Å²) in [6.07, 6.45) is 3.73. The quantitative estimate of drug-likeness (QED) is 0.205. The molecule has 0 bridgehead atoms. The first-order valence-corrected chi connectivity index (χ1v) is 14.1. The Morgan fingerprint density at radius 2 is 1.52 bits per heavy atom. The molecule has 42 heavy (non-hydrogen) atoms. The first kappa shape index (κ1) is 27.3. The molecule has 0 aliphatic rings. The molecular formula is C35H35N5O2. The number of nitrogens with zero attached hydrogens (tertiary/aromatic N) is 5. The molecule has 0 saturated heterocycles. The molecule has 0 aliphatic carbocycles. The first-order valence-electron chi connectivity index (χ1n) is 14.1. The SMILES string of the molecule is Cc1nn(-c2cccc(Oc3cc(Oc4cc(C(C)(C)C)ccn4)c4nc(C)c(C)n4c3)c2)c(C)c1-c1ccccc1. The molecule has 0 amide bonds. The topological polar surface area (TPSA) is 66.5 Å². The van der Waals surface area contributed by atoms with E-state index in [2.05, 4.69) is 56.9 Å². The standard InChI is InChI=1S/C35H35N5O2/c1-22-24(3)39-21-30(20-31(34(39)37-22)42-32-18-27(16-17-36-32)35(5,6)7)41-29-15-11-14-28(19-29)40-25(4)33(23(2)38-40)26-12-9-8-10-13-26/h8-21H,1-7H3. The molecule has 0 fully saturated rings. The fourth-order valence-electron chi connectivity index (χ4n) is 5.22. The van der Waals surface area contributed by atoms with Crippen LogP contribution in [0.5, 0.6) is 23.1 Å². The zero-order valence-electron chi connectivity index (χ0n) is 25.1. The van der Waals surface area contributed by atoms with Crippen molar-refractivity contribution in [1.29, 1.82) is 0 Å². The lowest BCUT2D eigenvalue weighted by Gasteiger charge is -2.19. The van der Waals surface area contributed by atoms with Gasteiger partial charge in [-0.05, 0) is 62.4 Å². The smallest absolute Gasteiger partial charge is 0.219 e. The van der Waals surface area contributed by atoms with Gasteiger partial charge in [-0.25, -0.2) is 14.6 Å². The molecule has 4 aromatic heterocycles. The third kappa shape index (κ3) is 5.14. The Labute approximate surface area is 246 Å². The molecule has 4 heterocycles. The molecule has 0 unspecified atom stereocenters. The molecule has 2 aromatic carbocycles. The van der Waals surface area contributed by atoms with Gasteiger partial charge in [0.25, 0.3) is 0 Å². The Balaban J connectivity index is 1.36. The van der Waals surface area contributed by atoms with E-state index >= 15 is 0 Å². The van der Waals surface area contributed by atoms with E-state index in [1.165, 1.54) is 0 Å². The highest BCUT2D eigenvalue weighted by Gasteiger charge is 2.19. The van der Waals surface area contributed by atoms with Gasteiger partial charge in [0.05, 0.1) is 23.3 Å². The molecule has 0 atom stereocenters. The van der Waals surface area contributed by atoms with E-state index < -0.39 is 0 Å². The van der Waals surface area contributed by atoms with Crippen LogP contribution in [0.15, 0.2) is 85.2 Å². The summed E-state index contributed by atoms with van der Waals surface area (Å²) in [5.74, 6) is 2.40. The van der Waals surface area contributed by atoms with Crippen molar-refractivity contribution in [3.05, 3.63) is 114 Å². The lowest BCUT2D eigenvalue weighted by molar-refractivity contribution is 0.445. The maximum Gasteiger partial charge on any atom is 0.219 e. The van der Waals surface area contributed by atoms with Crippen LogP contribution >= 0.6 is 0 Å². The zero-order valence-corrected chi connectivity index (χ0v) is 25.1. The Morgan fingerprint density at radius 1 is 0.738 bits per heavy atom. The third-order valence-electron chi connectivity index (χ3n) is 7.60. The lowest BCUT2D eigenvalue weighted by Crippen LogP contribution is -2.11. The number of hydrogen-bond acceptors (Lipinski definition) is 5. The van der Waals surface area contributed by atoms with Crippen LogP contribution < -0.4 is 9.47 Å². The van der Waals surface area contributed by atoms with Crippen LogP contribution in [-0.4, -0.2) is 24.1 Å². The summed E-state index contributed by atoms with van der Waals surface area (Å²) >= 11 is 0. The van der Waals surface area contributed by atoms with Crippen LogP contribution in [-0.2, 0) is 5.41 Å². The van der Waals surface area contributed by atoms with E-state index in [-0.39, 0.29) is 5.41 Å². The van der Waals surface area contributed by atoms with Crippen molar-refractivity contribution < 1.29 is 9.47 Å². The van der Waals surface area contributed by atoms with Gasteiger partial charge in [0.2, 0.25) is 5.88 Å². The third-order valence-corrected chi connectivity index (χ3v) is 7.60. The minimum atomic E-state index is -0.0276. The fraction of sp³-hybridized carbons (Fsp3) is 0.229. The molecule has 0 spiro atoms. The summed E-state index contributed by atoms with van der Waals surface area (Å²) in [7, 11) is 0. The fourth-order valence-corrected chi connectivity index (χ4v) is 5.22. The number of hydrogen-bond donors (Lipinski definition) is 0. The zero-order chi connectivity index (χ0) is 29.6. The van der Waals surface area contributed by atoms with Gasteiger partial charge in [-0.3, -0.25) is 4.40 Å². The average Bonchev–Trinajstić information content (AvgIpc) is 3.43. The average molecular weight is 558 g/mol.